The molecule has 0 saturated carbocycles. The molecule has 0 N–H and O–H groups in total. The molecule has 0 atom stereocenters. The normalized spacial score (nSPS) is 19.2. The lowest BCUT2D eigenvalue weighted by atomic mass is 9.97. The van der Waals surface area contributed by atoms with Gasteiger partial charge in [0, 0.05) is 49.0 Å². The maximum absolute atomic E-state index is 14.3. The van der Waals surface area contributed by atoms with Crippen LogP contribution in [0, 0.1) is 0 Å². The van der Waals surface area contributed by atoms with Crippen LogP contribution < -0.4 is 0 Å². The number of thiocarbonyl (C=S) groups is 2. The van der Waals surface area contributed by atoms with Crippen LogP contribution in [0.15, 0.2) is 70.1 Å². The smallest absolute Gasteiger partial charge is 0.261 e. The SMILES string of the molecule is CCOC(CN1C(=O)C2=C(C3=CC(=S)CC=C3)N(CC(OCC)OCC)C(=O)C2=C1C1=CC(=S)CC=C1)OCC. The average Bonchev–Trinajstić information content (AvgIpc) is 3.35. The summed E-state index contributed by atoms with van der Waals surface area (Å²) in [4.78, 5) is 33.3. The summed E-state index contributed by atoms with van der Waals surface area (Å²) in [6.45, 7) is 9.38. The van der Waals surface area contributed by atoms with Crippen molar-refractivity contribution in [2.24, 2.45) is 0 Å². The van der Waals surface area contributed by atoms with Gasteiger partial charge >= 0.3 is 0 Å². The Hall–Kier alpha value is -2.60. The first kappa shape index (κ1) is 30.4. The quantitative estimate of drug-likeness (QED) is 0.218. The summed E-state index contributed by atoms with van der Waals surface area (Å²) in [5, 5.41) is 0. The van der Waals surface area contributed by atoms with Gasteiger partial charge in [-0.05, 0) is 51.0 Å². The molecule has 2 heterocycles. The Bertz CT molecular complexity index is 1150. The number of nitrogens with zero attached hydrogens (tertiary/aromatic N) is 2. The second-order valence-corrected chi connectivity index (χ2v) is 10.4. The summed E-state index contributed by atoms with van der Waals surface area (Å²) in [6.07, 6.45) is 11.3. The van der Waals surface area contributed by atoms with Crippen molar-refractivity contribution in [1.82, 2.24) is 9.80 Å². The minimum absolute atomic E-state index is 0.120. The molecule has 10 heteroatoms. The molecule has 0 saturated heterocycles. The van der Waals surface area contributed by atoms with E-state index in [0.29, 0.717) is 73.0 Å². The fourth-order valence-electron chi connectivity index (χ4n) is 5.15. The molecule has 0 unspecified atom stereocenters. The van der Waals surface area contributed by atoms with E-state index >= 15 is 0 Å². The van der Waals surface area contributed by atoms with Gasteiger partial charge in [0.1, 0.15) is 0 Å². The lowest BCUT2D eigenvalue weighted by Gasteiger charge is -2.30. The van der Waals surface area contributed by atoms with Crippen LogP contribution in [0.1, 0.15) is 40.5 Å². The Morgan fingerprint density at radius 2 is 1.02 bits per heavy atom. The van der Waals surface area contributed by atoms with Crippen LogP contribution in [0.3, 0.4) is 0 Å². The number of fused-ring (bicyclic) bond motifs is 1. The van der Waals surface area contributed by atoms with Gasteiger partial charge in [0.25, 0.3) is 11.8 Å². The van der Waals surface area contributed by atoms with E-state index in [1.807, 2.05) is 64.2 Å². The molecule has 0 aromatic heterocycles. The van der Waals surface area contributed by atoms with Gasteiger partial charge in [-0.25, -0.2) is 0 Å². The third-order valence-corrected chi connectivity index (χ3v) is 7.24. The predicted octanol–water partition coefficient (Wildman–Crippen LogP) is 4.49. The van der Waals surface area contributed by atoms with Gasteiger partial charge < -0.3 is 28.7 Å². The summed E-state index contributed by atoms with van der Waals surface area (Å²) in [5.74, 6) is -0.609. The number of allylic oxidation sites excluding steroid dienone is 6. The molecule has 4 aliphatic rings. The predicted molar refractivity (Wildman–Crippen MR) is 160 cm³/mol. The summed E-state index contributed by atoms with van der Waals surface area (Å²) in [6, 6.07) is 0. The number of ether oxygens (including phenoxy) is 4. The van der Waals surface area contributed by atoms with Crippen molar-refractivity contribution in [2.75, 3.05) is 39.5 Å². The van der Waals surface area contributed by atoms with E-state index in [9.17, 15) is 9.59 Å². The number of carbonyl (C=O) groups excluding carboxylic acids is 2. The van der Waals surface area contributed by atoms with Crippen LogP contribution in [0.5, 0.6) is 0 Å². The van der Waals surface area contributed by atoms with Gasteiger partial charge in [-0.1, -0.05) is 48.7 Å². The highest BCUT2D eigenvalue weighted by Crippen LogP contribution is 2.45. The fourth-order valence-corrected chi connectivity index (χ4v) is 5.60. The van der Waals surface area contributed by atoms with Crippen molar-refractivity contribution in [3.63, 3.8) is 0 Å². The molecular weight excluding hydrogens is 548 g/mol. The van der Waals surface area contributed by atoms with E-state index < -0.39 is 12.6 Å². The molecular formula is C30H36N2O6S2. The van der Waals surface area contributed by atoms with Gasteiger partial charge in [0.15, 0.2) is 12.6 Å². The molecule has 8 nitrogen and oxygen atoms in total. The lowest BCUT2D eigenvalue weighted by Crippen LogP contribution is -2.40. The van der Waals surface area contributed by atoms with Crippen molar-refractivity contribution in [2.45, 2.75) is 53.1 Å². The molecule has 40 heavy (non-hydrogen) atoms. The molecule has 2 aliphatic carbocycles. The van der Waals surface area contributed by atoms with Crippen LogP contribution in [0.25, 0.3) is 0 Å². The first-order chi connectivity index (χ1) is 19.3. The number of carbonyl (C=O) groups is 2. The molecule has 214 valence electrons. The zero-order valence-corrected chi connectivity index (χ0v) is 25.1. The standard InChI is InChI=1S/C30H36N2O6S2/c1-5-35-23(36-6-2)17-31-27(19-11-9-13-21(39)15-19)25-26(29(31)33)28(20-12-10-14-22(40)16-20)32(30(25)34)18-24(37-7-3)38-8-4/h9-12,15-16,23-24H,5-8,13-14,17-18H2,1-4H3. The Labute approximate surface area is 246 Å². The maximum Gasteiger partial charge on any atom is 0.261 e. The maximum atomic E-state index is 14.3. The van der Waals surface area contributed by atoms with Crippen molar-refractivity contribution < 1.29 is 28.5 Å². The molecule has 2 amide bonds. The summed E-state index contributed by atoms with van der Waals surface area (Å²) >= 11 is 11.0. The second-order valence-electron chi connectivity index (χ2n) is 9.30. The van der Waals surface area contributed by atoms with E-state index in [1.54, 1.807) is 9.80 Å². The minimum Gasteiger partial charge on any atom is -0.351 e. The van der Waals surface area contributed by atoms with E-state index in [-0.39, 0.29) is 24.9 Å². The molecule has 0 spiro atoms. The van der Waals surface area contributed by atoms with Crippen molar-refractivity contribution in [1.29, 1.82) is 0 Å². The van der Waals surface area contributed by atoms with Gasteiger partial charge in [0.2, 0.25) is 0 Å². The highest BCUT2D eigenvalue weighted by molar-refractivity contribution is 7.81. The summed E-state index contributed by atoms with van der Waals surface area (Å²) in [5.41, 5.74) is 3.05. The molecule has 0 bridgehead atoms. The Balaban J connectivity index is 1.91. The van der Waals surface area contributed by atoms with E-state index in [1.165, 1.54) is 0 Å². The molecule has 0 fully saturated rings. The third kappa shape index (κ3) is 6.32. The first-order valence-corrected chi connectivity index (χ1v) is 14.6. The van der Waals surface area contributed by atoms with Crippen LogP contribution in [-0.2, 0) is 28.5 Å². The highest BCUT2D eigenvalue weighted by atomic mass is 32.1. The average molecular weight is 585 g/mol. The van der Waals surface area contributed by atoms with E-state index in [2.05, 4.69) is 0 Å². The van der Waals surface area contributed by atoms with Crippen molar-refractivity contribution in [3.8, 4) is 0 Å². The van der Waals surface area contributed by atoms with Crippen LogP contribution in [0.2, 0.25) is 0 Å². The Morgan fingerprint density at radius 1 is 0.675 bits per heavy atom. The van der Waals surface area contributed by atoms with Gasteiger partial charge in [0.05, 0.1) is 35.6 Å². The van der Waals surface area contributed by atoms with Crippen LogP contribution >= 0.6 is 24.4 Å². The van der Waals surface area contributed by atoms with E-state index in [0.717, 1.165) is 9.73 Å². The third-order valence-electron chi connectivity index (χ3n) is 6.67. The summed E-state index contributed by atoms with van der Waals surface area (Å²) in [7, 11) is 0. The zero-order valence-electron chi connectivity index (χ0n) is 23.4. The second kappa shape index (κ2) is 13.8. The fraction of sp³-hybridized carbons (Fsp3) is 0.467. The number of hydrogen-bond acceptors (Lipinski definition) is 8. The summed E-state index contributed by atoms with van der Waals surface area (Å²) < 4.78 is 23.2. The van der Waals surface area contributed by atoms with Crippen LogP contribution in [0.4, 0.5) is 0 Å². The zero-order chi connectivity index (χ0) is 28.8. The van der Waals surface area contributed by atoms with Gasteiger partial charge in [-0.3, -0.25) is 9.59 Å². The van der Waals surface area contributed by atoms with Crippen molar-refractivity contribution in [3.05, 3.63) is 70.1 Å². The molecule has 2 aliphatic heterocycles. The number of rotatable bonds is 14. The van der Waals surface area contributed by atoms with E-state index in [4.69, 9.17) is 43.4 Å². The monoisotopic (exact) mass is 584 g/mol. The Morgan fingerprint density at radius 3 is 1.32 bits per heavy atom. The molecule has 0 radical (unpaired) electrons. The molecule has 0 aromatic carbocycles. The molecule has 0 aromatic rings. The number of hydrogen-bond donors (Lipinski definition) is 0. The highest BCUT2D eigenvalue weighted by Gasteiger charge is 2.50. The largest absolute Gasteiger partial charge is 0.351 e. The first-order valence-electron chi connectivity index (χ1n) is 13.8. The molecule has 4 rings (SSSR count). The van der Waals surface area contributed by atoms with Gasteiger partial charge in [-0.2, -0.15) is 0 Å². The Kier molecular flexibility index (Phi) is 10.5. The van der Waals surface area contributed by atoms with Gasteiger partial charge in [-0.15, -0.1) is 0 Å². The van der Waals surface area contributed by atoms with Crippen molar-refractivity contribution >= 4 is 46.0 Å². The topological polar surface area (TPSA) is 77.5 Å². The van der Waals surface area contributed by atoms with Crippen LogP contribution in [-0.4, -0.2) is 83.4 Å². The number of amides is 2. The minimum atomic E-state index is -0.662. The lowest BCUT2D eigenvalue weighted by molar-refractivity contribution is -0.153.